The van der Waals surface area contributed by atoms with Crippen molar-refractivity contribution >= 4 is 5.57 Å². The fourth-order valence-corrected chi connectivity index (χ4v) is 1.75. The van der Waals surface area contributed by atoms with Gasteiger partial charge in [0.1, 0.15) is 6.10 Å². The summed E-state index contributed by atoms with van der Waals surface area (Å²) in [6, 6.07) is 0. The van der Waals surface area contributed by atoms with E-state index in [1.165, 1.54) is 0 Å². The topological polar surface area (TPSA) is 36.3 Å². The molecule has 0 aromatic carbocycles. The first-order chi connectivity index (χ1) is 7.46. The first-order valence-electron chi connectivity index (χ1n) is 5.46. The Morgan fingerprint density at radius 2 is 2.44 bits per heavy atom. The lowest BCUT2D eigenvalue weighted by Crippen LogP contribution is -2.24. The SMILES string of the molecule is C=C(C)c1cnn(CC2COC(C)(C)O2)c1. The Morgan fingerprint density at radius 1 is 1.69 bits per heavy atom. The molecule has 0 bridgehead atoms. The Labute approximate surface area is 95.9 Å². The van der Waals surface area contributed by atoms with Crippen LogP contribution in [-0.2, 0) is 16.0 Å². The van der Waals surface area contributed by atoms with Gasteiger partial charge in [0.15, 0.2) is 5.79 Å². The molecule has 0 saturated carbocycles. The van der Waals surface area contributed by atoms with Crippen LogP contribution in [0.1, 0.15) is 26.3 Å². The van der Waals surface area contributed by atoms with Crippen molar-refractivity contribution in [1.82, 2.24) is 9.78 Å². The summed E-state index contributed by atoms with van der Waals surface area (Å²) in [6.45, 7) is 11.0. The molecule has 88 valence electrons. The van der Waals surface area contributed by atoms with Gasteiger partial charge in [0.25, 0.3) is 0 Å². The van der Waals surface area contributed by atoms with Crippen molar-refractivity contribution in [3.8, 4) is 0 Å². The number of hydrogen-bond acceptors (Lipinski definition) is 3. The summed E-state index contributed by atoms with van der Waals surface area (Å²) in [5.41, 5.74) is 2.09. The third kappa shape index (κ3) is 2.51. The lowest BCUT2D eigenvalue weighted by Gasteiger charge is -2.16. The number of hydrogen-bond donors (Lipinski definition) is 0. The van der Waals surface area contributed by atoms with E-state index >= 15 is 0 Å². The lowest BCUT2D eigenvalue weighted by molar-refractivity contribution is -0.139. The van der Waals surface area contributed by atoms with E-state index in [-0.39, 0.29) is 6.10 Å². The van der Waals surface area contributed by atoms with Gasteiger partial charge in [-0.05, 0) is 26.3 Å². The molecule has 4 heteroatoms. The van der Waals surface area contributed by atoms with Gasteiger partial charge >= 0.3 is 0 Å². The van der Waals surface area contributed by atoms with Crippen LogP contribution in [0.5, 0.6) is 0 Å². The molecular weight excluding hydrogens is 204 g/mol. The van der Waals surface area contributed by atoms with E-state index in [9.17, 15) is 0 Å². The number of allylic oxidation sites excluding steroid dienone is 1. The Bertz CT molecular complexity index is 395. The van der Waals surface area contributed by atoms with E-state index in [1.54, 1.807) is 0 Å². The molecule has 1 aromatic rings. The first kappa shape index (κ1) is 11.4. The van der Waals surface area contributed by atoms with Crippen molar-refractivity contribution in [2.75, 3.05) is 6.61 Å². The number of rotatable bonds is 3. The molecule has 1 aliphatic rings. The maximum absolute atomic E-state index is 5.72. The zero-order chi connectivity index (χ0) is 11.8. The quantitative estimate of drug-likeness (QED) is 0.785. The van der Waals surface area contributed by atoms with Crippen LogP contribution >= 0.6 is 0 Å². The number of ether oxygens (including phenoxy) is 2. The summed E-state index contributed by atoms with van der Waals surface area (Å²) in [7, 11) is 0. The van der Waals surface area contributed by atoms with Gasteiger partial charge in [0.2, 0.25) is 0 Å². The third-order valence-electron chi connectivity index (χ3n) is 2.58. The third-order valence-corrected chi connectivity index (χ3v) is 2.58. The van der Waals surface area contributed by atoms with Gasteiger partial charge in [-0.3, -0.25) is 4.68 Å². The van der Waals surface area contributed by atoms with Gasteiger partial charge in [-0.25, -0.2) is 0 Å². The molecule has 1 unspecified atom stereocenters. The average molecular weight is 222 g/mol. The zero-order valence-corrected chi connectivity index (χ0v) is 10.1. The standard InChI is InChI=1S/C12H18N2O2/c1-9(2)10-5-13-14(6-10)7-11-8-15-12(3,4)16-11/h5-6,11H,1,7-8H2,2-4H3. The molecule has 1 aliphatic heterocycles. The minimum atomic E-state index is -0.463. The van der Waals surface area contributed by atoms with Crippen molar-refractivity contribution in [2.45, 2.75) is 39.2 Å². The minimum absolute atomic E-state index is 0.0767. The molecule has 2 heterocycles. The molecule has 0 amide bonds. The van der Waals surface area contributed by atoms with Crippen molar-refractivity contribution in [3.63, 3.8) is 0 Å². The van der Waals surface area contributed by atoms with E-state index in [0.717, 1.165) is 17.7 Å². The minimum Gasteiger partial charge on any atom is -0.348 e. The second-order valence-electron chi connectivity index (χ2n) is 4.68. The second-order valence-corrected chi connectivity index (χ2v) is 4.68. The molecule has 1 atom stereocenters. The van der Waals surface area contributed by atoms with E-state index in [2.05, 4.69) is 11.7 Å². The van der Waals surface area contributed by atoms with Crippen LogP contribution in [0, 0.1) is 0 Å². The van der Waals surface area contributed by atoms with Crippen molar-refractivity contribution in [3.05, 3.63) is 24.5 Å². The molecule has 4 nitrogen and oxygen atoms in total. The van der Waals surface area contributed by atoms with Crippen LogP contribution in [0.2, 0.25) is 0 Å². The smallest absolute Gasteiger partial charge is 0.163 e. The molecule has 0 N–H and O–H groups in total. The fourth-order valence-electron chi connectivity index (χ4n) is 1.75. The number of nitrogens with zero attached hydrogens (tertiary/aromatic N) is 2. The Balaban J connectivity index is 1.97. The molecule has 0 spiro atoms. The van der Waals surface area contributed by atoms with E-state index in [4.69, 9.17) is 9.47 Å². The predicted octanol–water partition coefficient (Wildman–Crippen LogP) is 2.07. The van der Waals surface area contributed by atoms with Crippen LogP contribution in [0.25, 0.3) is 5.57 Å². The second kappa shape index (κ2) is 4.03. The van der Waals surface area contributed by atoms with E-state index < -0.39 is 5.79 Å². The summed E-state index contributed by atoms with van der Waals surface area (Å²) in [4.78, 5) is 0. The van der Waals surface area contributed by atoms with Crippen LogP contribution in [-0.4, -0.2) is 28.3 Å². The van der Waals surface area contributed by atoms with Gasteiger partial charge in [-0.2, -0.15) is 5.10 Å². The molecule has 1 aromatic heterocycles. The highest BCUT2D eigenvalue weighted by atomic mass is 16.7. The van der Waals surface area contributed by atoms with Gasteiger partial charge in [-0.15, -0.1) is 0 Å². The Morgan fingerprint density at radius 3 is 2.94 bits per heavy atom. The Kier molecular flexibility index (Phi) is 2.86. The highest BCUT2D eigenvalue weighted by Crippen LogP contribution is 2.23. The average Bonchev–Trinajstić information content (AvgIpc) is 2.73. The molecule has 16 heavy (non-hydrogen) atoms. The molecular formula is C12H18N2O2. The Hall–Kier alpha value is -1.13. The summed E-state index contributed by atoms with van der Waals surface area (Å²) >= 11 is 0. The summed E-state index contributed by atoms with van der Waals surface area (Å²) in [6.07, 6.45) is 3.88. The van der Waals surface area contributed by atoms with Crippen LogP contribution < -0.4 is 0 Å². The van der Waals surface area contributed by atoms with E-state index in [0.29, 0.717) is 6.61 Å². The normalized spacial score (nSPS) is 23.6. The van der Waals surface area contributed by atoms with E-state index in [1.807, 2.05) is 37.8 Å². The molecule has 1 fully saturated rings. The molecule has 0 aliphatic carbocycles. The first-order valence-corrected chi connectivity index (χ1v) is 5.46. The van der Waals surface area contributed by atoms with Gasteiger partial charge in [0, 0.05) is 11.8 Å². The molecule has 2 rings (SSSR count). The molecule has 0 radical (unpaired) electrons. The largest absolute Gasteiger partial charge is 0.348 e. The highest BCUT2D eigenvalue weighted by Gasteiger charge is 2.32. The summed E-state index contributed by atoms with van der Waals surface area (Å²) in [5.74, 6) is -0.463. The van der Waals surface area contributed by atoms with Crippen LogP contribution in [0.4, 0.5) is 0 Å². The van der Waals surface area contributed by atoms with Crippen LogP contribution in [0.3, 0.4) is 0 Å². The maximum Gasteiger partial charge on any atom is 0.163 e. The van der Waals surface area contributed by atoms with Crippen molar-refractivity contribution in [2.24, 2.45) is 0 Å². The fraction of sp³-hybridized carbons (Fsp3) is 0.583. The number of aromatic nitrogens is 2. The maximum atomic E-state index is 5.72. The van der Waals surface area contributed by atoms with Gasteiger partial charge in [0.05, 0.1) is 19.3 Å². The zero-order valence-electron chi connectivity index (χ0n) is 10.1. The van der Waals surface area contributed by atoms with Gasteiger partial charge in [-0.1, -0.05) is 6.58 Å². The monoisotopic (exact) mass is 222 g/mol. The lowest BCUT2D eigenvalue weighted by atomic mass is 10.2. The summed E-state index contributed by atoms with van der Waals surface area (Å²) in [5, 5.41) is 4.27. The van der Waals surface area contributed by atoms with Gasteiger partial charge < -0.3 is 9.47 Å². The van der Waals surface area contributed by atoms with Crippen molar-refractivity contribution < 1.29 is 9.47 Å². The predicted molar refractivity (Wildman–Crippen MR) is 61.8 cm³/mol. The summed E-state index contributed by atoms with van der Waals surface area (Å²) < 4.78 is 13.1. The van der Waals surface area contributed by atoms with Crippen molar-refractivity contribution in [1.29, 1.82) is 0 Å². The highest BCUT2D eigenvalue weighted by molar-refractivity contribution is 5.59. The molecule has 1 saturated heterocycles. The van der Waals surface area contributed by atoms with Crippen LogP contribution in [0.15, 0.2) is 19.0 Å².